The fourth-order valence-corrected chi connectivity index (χ4v) is 4.82. The van der Waals surface area contributed by atoms with Crippen molar-refractivity contribution >= 4 is 21.4 Å². The normalized spacial score (nSPS) is 15.7. The van der Waals surface area contributed by atoms with Crippen molar-refractivity contribution < 1.29 is 17.6 Å². The second-order valence-corrected chi connectivity index (χ2v) is 10.3. The lowest BCUT2D eigenvalue weighted by Gasteiger charge is -2.24. The highest BCUT2D eigenvalue weighted by Crippen LogP contribution is 2.33. The lowest BCUT2D eigenvalue weighted by Crippen LogP contribution is -2.30. The molecule has 0 spiro atoms. The first kappa shape index (κ1) is 21.2. The second-order valence-electron chi connectivity index (χ2n) is 8.14. The minimum atomic E-state index is -3.07. The van der Waals surface area contributed by atoms with Crippen molar-refractivity contribution in [3.8, 4) is 0 Å². The van der Waals surface area contributed by atoms with Gasteiger partial charge in [0.05, 0.1) is 24.1 Å². The van der Waals surface area contributed by atoms with Gasteiger partial charge in [-0.1, -0.05) is 42.5 Å². The molecule has 0 bridgehead atoms. The van der Waals surface area contributed by atoms with Gasteiger partial charge >= 0.3 is 0 Å². The van der Waals surface area contributed by atoms with Crippen LogP contribution in [0.2, 0.25) is 0 Å². The van der Waals surface area contributed by atoms with Crippen LogP contribution in [0.25, 0.3) is 0 Å². The summed E-state index contributed by atoms with van der Waals surface area (Å²) in [4.78, 5) is 15.1. The highest BCUT2D eigenvalue weighted by Gasteiger charge is 2.27. The third-order valence-electron chi connectivity index (χ3n) is 5.56. The van der Waals surface area contributed by atoms with Crippen molar-refractivity contribution in [2.75, 3.05) is 11.2 Å². The molecular weight excluding hydrogens is 412 g/mol. The number of hydrogen-bond acceptors (Lipinski definition) is 5. The molecule has 0 saturated heterocycles. The van der Waals surface area contributed by atoms with Crippen LogP contribution < -0.4 is 10.2 Å². The SMILES string of the molecule is CC1Cc2ccccc2N1Cc1occc1C(=O)NCc1ccc(CS(C)(=O)=O)cc1. The summed E-state index contributed by atoms with van der Waals surface area (Å²) in [5.41, 5.74) is 4.66. The van der Waals surface area contributed by atoms with Crippen molar-refractivity contribution in [2.24, 2.45) is 0 Å². The van der Waals surface area contributed by atoms with E-state index < -0.39 is 9.84 Å². The summed E-state index contributed by atoms with van der Waals surface area (Å²) in [5.74, 6) is 0.462. The Kier molecular flexibility index (Phi) is 5.87. The van der Waals surface area contributed by atoms with E-state index in [1.807, 2.05) is 18.2 Å². The number of anilines is 1. The van der Waals surface area contributed by atoms with Gasteiger partial charge in [0.15, 0.2) is 9.84 Å². The molecule has 31 heavy (non-hydrogen) atoms. The minimum absolute atomic E-state index is 0.00999. The molecule has 1 aliphatic heterocycles. The molecule has 7 heteroatoms. The van der Waals surface area contributed by atoms with Gasteiger partial charge in [0.1, 0.15) is 5.76 Å². The predicted molar refractivity (Wildman–Crippen MR) is 121 cm³/mol. The first-order chi connectivity index (χ1) is 14.8. The van der Waals surface area contributed by atoms with Crippen LogP contribution in [0.5, 0.6) is 0 Å². The summed E-state index contributed by atoms with van der Waals surface area (Å²) in [6.07, 6.45) is 3.75. The lowest BCUT2D eigenvalue weighted by atomic mass is 10.1. The molecule has 0 aliphatic carbocycles. The zero-order valence-corrected chi connectivity index (χ0v) is 18.5. The zero-order chi connectivity index (χ0) is 22.0. The van der Waals surface area contributed by atoms with Gasteiger partial charge < -0.3 is 14.6 Å². The fraction of sp³-hybridized carbons (Fsp3) is 0.292. The average Bonchev–Trinajstić information content (AvgIpc) is 3.31. The van der Waals surface area contributed by atoms with Gasteiger partial charge in [-0.15, -0.1) is 0 Å². The van der Waals surface area contributed by atoms with Crippen molar-refractivity contribution in [1.82, 2.24) is 5.32 Å². The van der Waals surface area contributed by atoms with E-state index in [0.29, 0.717) is 30.5 Å². The predicted octanol–water partition coefficient (Wildman–Crippen LogP) is 3.71. The van der Waals surface area contributed by atoms with Crippen LogP contribution in [0.4, 0.5) is 5.69 Å². The quantitative estimate of drug-likeness (QED) is 0.608. The van der Waals surface area contributed by atoms with E-state index in [1.54, 1.807) is 24.5 Å². The minimum Gasteiger partial charge on any atom is -0.467 e. The van der Waals surface area contributed by atoms with E-state index in [-0.39, 0.29) is 11.7 Å². The van der Waals surface area contributed by atoms with E-state index in [9.17, 15) is 13.2 Å². The van der Waals surface area contributed by atoms with Crippen LogP contribution in [-0.2, 0) is 35.1 Å². The van der Waals surface area contributed by atoms with E-state index >= 15 is 0 Å². The molecule has 162 valence electrons. The molecule has 3 aromatic rings. The first-order valence-electron chi connectivity index (χ1n) is 10.2. The van der Waals surface area contributed by atoms with Crippen molar-refractivity contribution in [3.63, 3.8) is 0 Å². The van der Waals surface area contributed by atoms with E-state index in [2.05, 4.69) is 35.3 Å². The largest absolute Gasteiger partial charge is 0.467 e. The fourth-order valence-electron chi connectivity index (χ4n) is 4.02. The molecule has 1 atom stereocenters. The van der Waals surface area contributed by atoms with Gasteiger partial charge in [-0.2, -0.15) is 0 Å². The molecule has 1 aromatic heterocycles. The standard InChI is InChI=1S/C24H26N2O4S/c1-17-13-20-5-3-4-6-22(20)26(17)15-23-21(11-12-30-23)24(27)25-14-18-7-9-19(10-8-18)16-31(2,28)29/h3-12,17H,13-16H2,1-2H3,(H,25,27). The summed E-state index contributed by atoms with van der Waals surface area (Å²) in [5, 5.41) is 2.93. The number of amides is 1. The van der Waals surface area contributed by atoms with Crippen molar-refractivity contribution in [3.05, 3.63) is 88.9 Å². The maximum Gasteiger partial charge on any atom is 0.255 e. The van der Waals surface area contributed by atoms with E-state index in [4.69, 9.17) is 4.42 Å². The van der Waals surface area contributed by atoms with Gasteiger partial charge in [-0.3, -0.25) is 4.79 Å². The Balaban J connectivity index is 1.40. The Bertz CT molecular complexity index is 1180. The van der Waals surface area contributed by atoms with E-state index in [0.717, 1.165) is 17.5 Å². The van der Waals surface area contributed by atoms with Crippen LogP contribution in [0, 0.1) is 0 Å². The molecule has 0 fully saturated rings. The average molecular weight is 439 g/mol. The number of para-hydroxylation sites is 1. The summed E-state index contributed by atoms with van der Waals surface area (Å²) >= 11 is 0. The number of fused-ring (bicyclic) bond motifs is 1. The third-order valence-corrected chi connectivity index (χ3v) is 6.42. The second kappa shape index (κ2) is 8.59. The summed E-state index contributed by atoms with van der Waals surface area (Å²) < 4.78 is 28.5. The summed E-state index contributed by atoms with van der Waals surface area (Å²) in [6.45, 7) is 3.07. The number of rotatable bonds is 7. The Morgan fingerprint density at radius 3 is 2.55 bits per heavy atom. The van der Waals surface area contributed by atoms with Crippen LogP contribution in [0.15, 0.2) is 65.3 Å². The number of carbonyl (C=O) groups excluding carboxylic acids is 1. The van der Waals surface area contributed by atoms with Gasteiger partial charge in [0.2, 0.25) is 0 Å². The van der Waals surface area contributed by atoms with E-state index in [1.165, 1.54) is 17.5 Å². The van der Waals surface area contributed by atoms with Gasteiger partial charge in [-0.05, 0) is 42.2 Å². The molecule has 1 unspecified atom stereocenters. The highest BCUT2D eigenvalue weighted by atomic mass is 32.2. The molecule has 1 N–H and O–H groups in total. The molecule has 2 aromatic carbocycles. The Labute approximate surface area is 182 Å². The maximum absolute atomic E-state index is 12.8. The molecule has 4 rings (SSSR count). The Hall–Kier alpha value is -3.06. The summed E-state index contributed by atoms with van der Waals surface area (Å²) in [7, 11) is -3.07. The molecule has 6 nitrogen and oxygen atoms in total. The van der Waals surface area contributed by atoms with Crippen molar-refractivity contribution in [1.29, 1.82) is 0 Å². The Morgan fingerprint density at radius 2 is 1.81 bits per heavy atom. The van der Waals surface area contributed by atoms with Gasteiger partial charge in [0, 0.05) is 24.5 Å². The molecule has 1 amide bonds. The van der Waals surface area contributed by atoms with Gasteiger partial charge in [0.25, 0.3) is 5.91 Å². The molecular formula is C24H26N2O4S. The van der Waals surface area contributed by atoms with Gasteiger partial charge in [-0.25, -0.2) is 8.42 Å². The molecule has 0 radical (unpaired) electrons. The third kappa shape index (κ3) is 4.99. The number of furan rings is 1. The molecule has 2 heterocycles. The number of hydrogen-bond donors (Lipinski definition) is 1. The Morgan fingerprint density at radius 1 is 1.10 bits per heavy atom. The molecule has 0 saturated carbocycles. The zero-order valence-electron chi connectivity index (χ0n) is 17.7. The van der Waals surface area contributed by atoms with Crippen LogP contribution in [0.3, 0.4) is 0 Å². The monoisotopic (exact) mass is 438 g/mol. The smallest absolute Gasteiger partial charge is 0.255 e. The number of carbonyl (C=O) groups is 1. The number of nitrogens with one attached hydrogen (secondary N) is 1. The number of sulfone groups is 1. The van der Waals surface area contributed by atoms with Crippen LogP contribution >= 0.6 is 0 Å². The van der Waals surface area contributed by atoms with Crippen molar-refractivity contribution in [2.45, 2.75) is 38.2 Å². The lowest BCUT2D eigenvalue weighted by molar-refractivity contribution is 0.0949. The molecule has 1 aliphatic rings. The summed E-state index contributed by atoms with van der Waals surface area (Å²) in [6, 6.07) is 17.6. The topological polar surface area (TPSA) is 79.6 Å². The van der Waals surface area contributed by atoms with Crippen LogP contribution in [-0.4, -0.2) is 26.6 Å². The number of benzene rings is 2. The van der Waals surface area contributed by atoms with Crippen LogP contribution in [0.1, 0.15) is 39.7 Å². The highest BCUT2D eigenvalue weighted by molar-refractivity contribution is 7.89. The number of nitrogens with zero attached hydrogens (tertiary/aromatic N) is 1. The first-order valence-corrected chi connectivity index (χ1v) is 12.3. The maximum atomic E-state index is 12.8.